The Hall–Kier alpha value is -2.62. The van der Waals surface area contributed by atoms with Crippen LogP contribution in [0.25, 0.3) is 0 Å². The van der Waals surface area contributed by atoms with Gasteiger partial charge < -0.3 is 9.64 Å². The lowest BCUT2D eigenvalue weighted by molar-refractivity contribution is 0.0471. The highest BCUT2D eigenvalue weighted by atomic mass is 16.5. The van der Waals surface area contributed by atoms with Crippen LogP contribution in [0.2, 0.25) is 0 Å². The first kappa shape index (κ1) is 18.2. The first-order valence-electron chi connectivity index (χ1n) is 9.07. The summed E-state index contributed by atoms with van der Waals surface area (Å²) < 4.78 is 5.54. The van der Waals surface area contributed by atoms with Gasteiger partial charge in [-0.25, -0.2) is 9.79 Å². The predicted octanol–water partition coefficient (Wildman–Crippen LogP) is 4.72. The van der Waals surface area contributed by atoms with Crippen molar-refractivity contribution in [2.75, 3.05) is 13.6 Å². The summed E-state index contributed by atoms with van der Waals surface area (Å²) in [6.07, 6.45) is 2.16. The highest BCUT2D eigenvalue weighted by Crippen LogP contribution is 2.26. The minimum Gasteiger partial charge on any atom is -0.457 e. The molecule has 1 saturated heterocycles. The maximum atomic E-state index is 12.5. The highest BCUT2D eigenvalue weighted by Gasteiger charge is 2.17. The van der Waals surface area contributed by atoms with Gasteiger partial charge in [-0.3, -0.25) is 0 Å². The number of carbonyl (C=O) groups is 1. The Balaban J connectivity index is 1.77. The van der Waals surface area contributed by atoms with Gasteiger partial charge in [-0.15, -0.1) is 0 Å². The van der Waals surface area contributed by atoms with Crippen LogP contribution in [-0.4, -0.2) is 30.3 Å². The topological polar surface area (TPSA) is 41.9 Å². The standard InChI is InChI=1S/C22H26N2O2/c1-15-8-5-6-9-18(15)14-26-22(25)19-12-17(3)20(13-16(19)2)23-21-10-7-11-24(21)4/h5-6,8-9,12-13H,7,10-11,14H2,1-4H3/b23-21+. The molecule has 1 heterocycles. The van der Waals surface area contributed by atoms with Crippen LogP contribution in [0, 0.1) is 20.8 Å². The molecule has 136 valence electrons. The molecule has 0 atom stereocenters. The number of rotatable bonds is 4. The van der Waals surface area contributed by atoms with E-state index in [4.69, 9.17) is 9.73 Å². The van der Waals surface area contributed by atoms with Gasteiger partial charge in [-0.05, 0) is 61.6 Å². The molecule has 0 spiro atoms. The molecule has 4 heteroatoms. The highest BCUT2D eigenvalue weighted by molar-refractivity contribution is 5.92. The van der Waals surface area contributed by atoms with Crippen molar-refractivity contribution in [2.45, 2.75) is 40.2 Å². The zero-order valence-electron chi connectivity index (χ0n) is 16.0. The average molecular weight is 350 g/mol. The monoisotopic (exact) mass is 350 g/mol. The number of likely N-dealkylation sites (tertiary alicyclic amines) is 1. The van der Waals surface area contributed by atoms with Gasteiger partial charge in [0.25, 0.3) is 0 Å². The number of carbonyl (C=O) groups excluding carboxylic acids is 1. The number of amidine groups is 1. The van der Waals surface area contributed by atoms with Gasteiger partial charge in [-0.2, -0.15) is 0 Å². The lowest BCUT2D eigenvalue weighted by Gasteiger charge is -2.14. The SMILES string of the molecule is Cc1ccccc1COC(=O)c1cc(C)c(/N=C2\CCCN2C)cc1C. The molecule has 0 bridgehead atoms. The second-order valence-electron chi connectivity index (χ2n) is 7.01. The first-order valence-corrected chi connectivity index (χ1v) is 9.07. The smallest absolute Gasteiger partial charge is 0.338 e. The summed E-state index contributed by atoms with van der Waals surface area (Å²) in [4.78, 5) is 19.5. The minimum absolute atomic E-state index is 0.286. The van der Waals surface area contributed by atoms with Crippen LogP contribution in [0.15, 0.2) is 41.4 Å². The van der Waals surface area contributed by atoms with Crippen molar-refractivity contribution in [1.82, 2.24) is 4.90 Å². The van der Waals surface area contributed by atoms with Crippen LogP contribution >= 0.6 is 0 Å². The molecule has 4 nitrogen and oxygen atoms in total. The van der Waals surface area contributed by atoms with Crippen molar-refractivity contribution in [3.8, 4) is 0 Å². The molecule has 1 fully saturated rings. The fourth-order valence-corrected chi connectivity index (χ4v) is 3.21. The van der Waals surface area contributed by atoms with Crippen molar-refractivity contribution in [3.05, 3.63) is 64.2 Å². The zero-order chi connectivity index (χ0) is 18.7. The maximum absolute atomic E-state index is 12.5. The summed E-state index contributed by atoms with van der Waals surface area (Å²) in [6, 6.07) is 11.8. The fraction of sp³-hybridized carbons (Fsp3) is 0.364. The van der Waals surface area contributed by atoms with Crippen molar-refractivity contribution in [1.29, 1.82) is 0 Å². The van der Waals surface area contributed by atoms with Gasteiger partial charge in [0.1, 0.15) is 12.4 Å². The van der Waals surface area contributed by atoms with E-state index in [0.717, 1.165) is 53.2 Å². The Kier molecular flexibility index (Phi) is 5.40. The second kappa shape index (κ2) is 7.73. The number of benzene rings is 2. The van der Waals surface area contributed by atoms with Crippen molar-refractivity contribution >= 4 is 17.5 Å². The second-order valence-corrected chi connectivity index (χ2v) is 7.01. The summed E-state index contributed by atoms with van der Waals surface area (Å²) >= 11 is 0. The van der Waals surface area contributed by atoms with E-state index in [1.54, 1.807) is 0 Å². The Morgan fingerprint density at radius 3 is 2.58 bits per heavy atom. The van der Waals surface area contributed by atoms with Crippen LogP contribution in [0.5, 0.6) is 0 Å². The third-order valence-electron chi connectivity index (χ3n) is 4.97. The van der Waals surface area contributed by atoms with Gasteiger partial charge in [0.05, 0.1) is 11.3 Å². The van der Waals surface area contributed by atoms with Crippen LogP contribution < -0.4 is 0 Å². The van der Waals surface area contributed by atoms with Crippen LogP contribution in [0.3, 0.4) is 0 Å². The lowest BCUT2D eigenvalue weighted by atomic mass is 10.0. The largest absolute Gasteiger partial charge is 0.457 e. The van der Waals surface area contributed by atoms with Gasteiger partial charge in [0.15, 0.2) is 0 Å². The summed E-state index contributed by atoms with van der Waals surface area (Å²) in [6.45, 7) is 7.29. The van der Waals surface area contributed by atoms with Gasteiger partial charge >= 0.3 is 5.97 Å². The quantitative estimate of drug-likeness (QED) is 0.749. The van der Waals surface area contributed by atoms with Crippen LogP contribution in [-0.2, 0) is 11.3 Å². The maximum Gasteiger partial charge on any atom is 0.338 e. The molecule has 2 aromatic carbocycles. The number of hydrogen-bond acceptors (Lipinski definition) is 3. The molecule has 0 aromatic heterocycles. The normalized spacial score (nSPS) is 15.5. The number of nitrogens with zero attached hydrogens (tertiary/aromatic N) is 2. The van der Waals surface area contributed by atoms with E-state index in [1.165, 1.54) is 0 Å². The molecule has 1 aliphatic rings. The van der Waals surface area contributed by atoms with Gasteiger partial charge in [-0.1, -0.05) is 24.3 Å². The number of aryl methyl sites for hydroxylation is 3. The van der Waals surface area contributed by atoms with Gasteiger partial charge in [0, 0.05) is 20.0 Å². The molecule has 1 aliphatic heterocycles. The molecule has 0 amide bonds. The van der Waals surface area contributed by atoms with Crippen LogP contribution in [0.1, 0.15) is 45.5 Å². The third kappa shape index (κ3) is 3.96. The lowest BCUT2D eigenvalue weighted by Crippen LogP contribution is -2.18. The molecule has 2 aromatic rings. The zero-order valence-corrected chi connectivity index (χ0v) is 16.0. The Morgan fingerprint density at radius 1 is 1.12 bits per heavy atom. The molecule has 0 aliphatic carbocycles. The van der Waals surface area contributed by atoms with Crippen LogP contribution in [0.4, 0.5) is 5.69 Å². The van der Waals surface area contributed by atoms with E-state index in [0.29, 0.717) is 12.2 Å². The average Bonchev–Trinajstić information content (AvgIpc) is 3.01. The van der Waals surface area contributed by atoms with E-state index in [2.05, 4.69) is 11.9 Å². The molecule has 0 radical (unpaired) electrons. The number of hydrogen-bond donors (Lipinski definition) is 0. The summed E-state index contributed by atoms with van der Waals surface area (Å²) in [5.74, 6) is 0.827. The summed E-state index contributed by atoms with van der Waals surface area (Å²) in [5.41, 5.74) is 5.58. The molecule has 0 unspecified atom stereocenters. The fourth-order valence-electron chi connectivity index (χ4n) is 3.21. The van der Waals surface area contributed by atoms with E-state index >= 15 is 0 Å². The first-order chi connectivity index (χ1) is 12.5. The molecule has 3 rings (SSSR count). The molecule has 0 N–H and O–H groups in total. The third-order valence-corrected chi connectivity index (χ3v) is 4.97. The molecule has 0 saturated carbocycles. The molecular formula is C22H26N2O2. The van der Waals surface area contributed by atoms with Gasteiger partial charge in [0.2, 0.25) is 0 Å². The van der Waals surface area contributed by atoms with Crippen molar-refractivity contribution < 1.29 is 9.53 Å². The number of ether oxygens (including phenoxy) is 1. The Morgan fingerprint density at radius 2 is 1.88 bits per heavy atom. The number of aliphatic imine (C=N–C) groups is 1. The van der Waals surface area contributed by atoms with E-state index in [-0.39, 0.29) is 5.97 Å². The summed E-state index contributed by atoms with van der Waals surface area (Å²) in [7, 11) is 2.07. The minimum atomic E-state index is -0.286. The van der Waals surface area contributed by atoms with E-state index in [1.807, 2.05) is 57.2 Å². The molecule has 26 heavy (non-hydrogen) atoms. The van der Waals surface area contributed by atoms with Crippen molar-refractivity contribution in [3.63, 3.8) is 0 Å². The Labute approximate surface area is 155 Å². The van der Waals surface area contributed by atoms with Crippen molar-refractivity contribution in [2.24, 2.45) is 4.99 Å². The summed E-state index contributed by atoms with van der Waals surface area (Å²) in [5, 5.41) is 0. The van der Waals surface area contributed by atoms with E-state index < -0.39 is 0 Å². The molecular weight excluding hydrogens is 324 g/mol. The predicted molar refractivity (Wildman–Crippen MR) is 105 cm³/mol. The van der Waals surface area contributed by atoms with E-state index in [9.17, 15) is 4.79 Å². The number of esters is 1. The Bertz CT molecular complexity index is 855.